The number of nitrogens with one attached hydrogen (secondary N) is 2. The van der Waals surface area contributed by atoms with Crippen LogP contribution in [0.2, 0.25) is 0 Å². The minimum Gasteiger partial charge on any atom is -0.360 e. The Labute approximate surface area is 133 Å². The smallest absolute Gasteiger partial charge is 0.225 e. The molecule has 5 heteroatoms. The zero-order valence-electron chi connectivity index (χ0n) is 12.8. The zero-order valence-corrected chi connectivity index (χ0v) is 13.6. The number of thiocarbonyl (C=S) groups is 1. The monoisotopic (exact) mass is 309 g/mol. The molecule has 0 unspecified atom stereocenters. The maximum atomic E-state index is 12.5. The fraction of sp³-hybridized carbons (Fsp3) is 0.875. The lowest BCUT2D eigenvalue weighted by atomic mass is 9.93. The zero-order chi connectivity index (χ0) is 14.7. The summed E-state index contributed by atoms with van der Waals surface area (Å²) in [5, 5.41) is 7.52. The number of hydrogen-bond acceptors (Lipinski definition) is 2. The second kappa shape index (κ2) is 6.95. The van der Waals surface area contributed by atoms with Crippen molar-refractivity contribution in [3.63, 3.8) is 0 Å². The molecule has 0 aromatic carbocycles. The van der Waals surface area contributed by atoms with Crippen LogP contribution in [0.25, 0.3) is 0 Å². The Bertz CT molecular complexity index is 391. The first kappa shape index (κ1) is 15.1. The van der Waals surface area contributed by atoms with E-state index in [1.54, 1.807) is 0 Å². The molecule has 118 valence electrons. The van der Waals surface area contributed by atoms with Gasteiger partial charge in [-0.15, -0.1) is 0 Å². The Kier molecular flexibility index (Phi) is 4.99. The van der Waals surface area contributed by atoms with E-state index in [1.165, 1.54) is 32.1 Å². The summed E-state index contributed by atoms with van der Waals surface area (Å²) in [5.74, 6) is 0.362. The second-order valence-electron chi connectivity index (χ2n) is 6.85. The summed E-state index contributed by atoms with van der Waals surface area (Å²) >= 11 is 5.47. The summed E-state index contributed by atoms with van der Waals surface area (Å²) in [6, 6.07) is 1.01. The molecule has 0 aromatic heterocycles. The Hall–Kier alpha value is -0.840. The van der Waals surface area contributed by atoms with Crippen molar-refractivity contribution in [2.45, 2.75) is 69.9 Å². The van der Waals surface area contributed by atoms with Crippen molar-refractivity contribution >= 4 is 23.2 Å². The fourth-order valence-corrected chi connectivity index (χ4v) is 3.77. The van der Waals surface area contributed by atoms with Gasteiger partial charge in [0, 0.05) is 25.2 Å². The van der Waals surface area contributed by atoms with Gasteiger partial charge in [0.2, 0.25) is 5.91 Å². The van der Waals surface area contributed by atoms with E-state index in [0.717, 1.165) is 43.9 Å². The lowest BCUT2D eigenvalue weighted by Gasteiger charge is -2.35. The molecule has 2 N–H and O–H groups in total. The molecule has 4 nitrogen and oxygen atoms in total. The summed E-state index contributed by atoms with van der Waals surface area (Å²) in [6.45, 7) is 1.78. The molecule has 1 amide bonds. The van der Waals surface area contributed by atoms with Crippen LogP contribution in [0, 0.1) is 5.92 Å². The first-order valence-corrected chi connectivity index (χ1v) is 8.99. The van der Waals surface area contributed by atoms with Gasteiger partial charge in [-0.05, 0) is 50.7 Å². The number of amides is 1. The van der Waals surface area contributed by atoms with Gasteiger partial charge in [-0.25, -0.2) is 0 Å². The van der Waals surface area contributed by atoms with Crippen LogP contribution >= 0.6 is 12.2 Å². The molecule has 3 rings (SSSR count). The minimum absolute atomic E-state index is 0.111. The molecule has 0 aromatic rings. The third kappa shape index (κ3) is 4.31. The van der Waals surface area contributed by atoms with Crippen LogP contribution in [0.4, 0.5) is 0 Å². The predicted octanol–water partition coefficient (Wildman–Crippen LogP) is 2.18. The largest absolute Gasteiger partial charge is 0.360 e. The van der Waals surface area contributed by atoms with Gasteiger partial charge >= 0.3 is 0 Å². The van der Waals surface area contributed by atoms with Crippen LogP contribution in [0.1, 0.15) is 57.8 Å². The number of nitrogens with zero attached hydrogens (tertiary/aromatic N) is 1. The molecule has 2 saturated carbocycles. The third-order valence-electron chi connectivity index (χ3n) is 4.94. The number of carbonyl (C=O) groups is 1. The maximum Gasteiger partial charge on any atom is 0.225 e. The number of piperidine rings is 1. The van der Waals surface area contributed by atoms with Crippen LogP contribution in [-0.2, 0) is 4.79 Å². The summed E-state index contributed by atoms with van der Waals surface area (Å²) in [4.78, 5) is 14.7. The SMILES string of the molecule is O=C(NC1CCCCC1)[C@H]1CCCN(C(=S)NC2CC2)C1. The summed E-state index contributed by atoms with van der Waals surface area (Å²) in [5.41, 5.74) is 0. The third-order valence-corrected chi connectivity index (χ3v) is 5.31. The second-order valence-corrected chi connectivity index (χ2v) is 7.24. The fourth-order valence-electron chi connectivity index (χ4n) is 3.44. The number of carbonyl (C=O) groups excluding carboxylic acids is 1. The predicted molar refractivity (Wildman–Crippen MR) is 88.1 cm³/mol. The summed E-state index contributed by atoms with van der Waals surface area (Å²) in [7, 11) is 0. The van der Waals surface area contributed by atoms with Crippen molar-refractivity contribution in [1.29, 1.82) is 0 Å². The molecule has 1 atom stereocenters. The van der Waals surface area contributed by atoms with Gasteiger partial charge in [0.25, 0.3) is 0 Å². The Balaban J connectivity index is 1.47. The Morgan fingerprint density at radius 1 is 0.905 bits per heavy atom. The standard InChI is InChI=1S/C16H27N3OS/c20-15(17-13-6-2-1-3-7-13)12-5-4-10-19(11-12)16(21)18-14-8-9-14/h12-14H,1-11H2,(H,17,20)(H,18,21)/t12-/m0/s1. The van der Waals surface area contributed by atoms with Crippen molar-refractivity contribution in [1.82, 2.24) is 15.5 Å². The van der Waals surface area contributed by atoms with E-state index in [9.17, 15) is 4.79 Å². The van der Waals surface area contributed by atoms with Crippen LogP contribution in [0.5, 0.6) is 0 Å². The van der Waals surface area contributed by atoms with Crippen molar-refractivity contribution in [2.24, 2.45) is 5.92 Å². The Morgan fingerprint density at radius 3 is 2.33 bits per heavy atom. The first-order valence-electron chi connectivity index (χ1n) is 8.58. The maximum absolute atomic E-state index is 12.5. The molecule has 2 aliphatic carbocycles. The highest BCUT2D eigenvalue weighted by Gasteiger charge is 2.30. The van der Waals surface area contributed by atoms with E-state index in [-0.39, 0.29) is 11.8 Å². The van der Waals surface area contributed by atoms with Crippen LogP contribution in [0.15, 0.2) is 0 Å². The van der Waals surface area contributed by atoms with E-state index in [0.29, 0.717) is 12.1 Å². The molecular formula is C16H27N3OS. The highest BCUT2D eigenvalue weighted by atomic mass is 32.1. The van der Waals surface area contributed by atoms with Crippen molar-refractivity contribution in [2.75, 3.05) is 13.1 Å². The molecule has 0 radical (unpaired) electrons. The summed E-state index contributed by atoms with van der Waals surface area (Å²) < 4.78 is 0. The van der Waals surface area contributed by atoms with Gasteiger partial charge in [-0.2, -0.15) is 0 Å². The van der Waals surface area contributed by atoms with E-state index < -0.39 is 0 Å². The highest BCUT2D eigenvalue weighted by Crippen LogP contribution is 2.22. The number of hydrogen-bond donors (Lipinski definition) is 2. The van der Waals surface area contributed by atoms with Gasteiger partial charge in [0.05, 0.1) is 5.92 Å². The molecule has 1 saturated heterocycles. The molecule has 0 bridgehead atoms. The van der Waals surface area contributed by atoms with Gasteiger partial charge in [0.15, 0.2) is 5.11 Å². The van der Waals surface area contributed by atoms with Crippen LogP contribution in [0.3, 0.4) is 0 Å². The topological polar surface area (TPSA) is 44.4 Å². The quantitative estimate of drug-likeness (QED) is 0.785. The summed E-state index contributed by atoms with van der Waals surface area (Å²) in [6.07, 6.45) is 10.7. The number of rotatable bonds is 3. The van der Waals surface area contributed by atoms with E-state index in [1.807, 2.05) is 0 Å². The molecule has 1 heterocycles. The highest BCUT2D eigenvalue weighted by molar-refractivity contribution is 7.80. The van der Waals surface area contributed by atoms with E-state index in [4.69, 9.17) is 12.2 Å². The number of likely N-dealkylation sites (tertiary alicyclic amines) is 1. The lowest BCUT2D eigenvalue weighted by molar-refractivity contribution is -0.127. The average Bonchev–Trinajstić information content (AvgIpc) is 3.32. The van der Waals surface area contributed by atoms with E-state index >= 15 is 0 Å². The normalized spacial score (nSPS) is 27.2. The molecular weight excluding hydrogens is 282 g/mol. The Morgan fingerprint density at radius 2 is 1.62 bits per heavy atom. The van der Waals surface area contributed by atoms with Crippen molar-refractivity contribution < 1.29 is 4.79 Å². The van der Waals surface area contributed by atoms with Crippen LogP contribution < -0.4 is 10.6 Å². The van der Waals surface area contributed by atoms with Crippen molar-refractivity contribution in [3.8, 4) is 0 Å². The van der Waals surface area contributed by atoms with Crippen molar-refractivity contribution in [3.05, 3.63) is 0 Å². The van der Waals surface area contributed by atoms with Gasteiger partial charge in [-0.1, -0.05) is 19.3 Å². The molecule has 21 heavy (non-hydrogen) atoms. The van der Waals surface area contributed by atoms with Gasteiger partial charge < -0.3 is 15.5 Å². The van der Waals surface area contributed by atoms with E-state index in [2.05, 4.69) is 15.5 Å². The molecule has 0 spiro atoms. The first-order chi connectivity index (χ1) is 10.2. The molecule has 3 aliphatic rings. The lowest BCUT2D eigenvalue weighted by Crippen LogP contribution is -2.50. The molecule has 3 fully saturated rings. The minimum atomic E-state index is 0.111. The molecule has 1 aliphatic heterocycles. The van der Waals surface area contributed by atoms with Gasteiger partial charge in [-0.3, -0.25) is 4.79 Å². The van der Waals surface area contributed by atoms with Crippen LogP contribution in [-0.4, -0.2) is 41.1 Å². The average molecular weight is 309 g/mol. The van der Waals surface area contributed by atoms with Gasteiger partial charge in [0.1, 0.15) is 0 Å².